The third-order valence-electron chi connectivity index (χ3n) is 4.11. The molecule has 0 saturated carbocycles. The molecule has 0 spiro atoms. The monoisotopic (exact) mass is 378 g/mol. The lowest BCUT2D eigenvalue weighted by Crippen LogP contribution is -2.02. The molecule has 0 atom stereocenters. The predicted octanol–water partition coefficient (Wildman–Crippen LogP) is 5.29. The second-order valence-electron chi connectivity index (χ2n) is 6.20. The van der Waals surface area contributed by atoms with Gasteiger partial charge in [0.15, 0.2) is 0 Å². The van der Waals surface area contributed by atoms with Crippen molar-refractivity contribution in [2.24, 2.45) is 0 Å². The third kappa shape index (κ3) is 6.19. The second kappa shape index (κ2) is 9.83. The minimum absolute atomic E-state index is 0.115. The summed E-state index contributed by atoms with van der Waals surface area (Å²) in [7, 11) is 0. The van der Waals surface area contributed by atoms with Crippen molar-refractivity contribution in [2.45, 2.75) is 12.2 Å². The number of carbonyl (C=O) groups is 1. The van der Waals surface area contributed by atoms with Crippen LogP contribution < -0.4 is 4.74 Å². The van der Waals surface area contributed by atoms with E-state index in [1.54, 1.807) is 0 Å². The lowest BCUT2D eigenvalue weighted by atomic mass is 10.0. The van der Waals surface area contributed by atoms with Crippen molar-refractivity contribution >= 4 is 17.7 Å². The first kappa shape index (κ1) is 19.1. The lowest BCUT2D eigenvalue weighted by molar-refractivity contribution is -0.133. The number of thioether (sulfide) groups is 1. The van der Waals surface area contributed by atoms with E-state index in [1.165, 1.54) is 28.5 Å². The Morgan fingerprint density at radius 3 is 2.33 bits per heavy atom. The molecule has 1 N–H and O–H groups in total. The van der Waals surface area contributed by atoms with E-state index in [1.807, 2.05) is 42.5 Å². The van der Waals surface area contributed by atoms with Crippen LogP contribution in [0.1, 0.15) is 11.1 Å². The Balaban J connectivity index is 1.49. The van der Waals surface area contributed by atoms with Crippen LogP contribution in [0.2, 0.25) is 0 Å². The molecule has 0 amide bonds. The van der Waals surface area contributed by atoms with Gasteiger partial charge in [0.05, 0.1) is 12.4 Å². The maximum Gasteiger partial charge on any atom is 0.313 e. The largest absolute Gasteiger partial charge is 0.493 e. The average Bonchev–Trinajstić information content (AvgIpc) is 2.69. The summed E-state index contributed by atoms with van der Waals surface area (Å²) in [6.07, 6.45) is 0.840. The van der Waals surface area contributed by atoms with Crippen molar-refractivity contribution in [3.63, 3.8) is 0 Å². The number of hydrogen-bond donors (Lipinski definition) is 1. The normalized spacial score (nSPS) is 10.5. The average molecular weight is 378 g/mol. The van der Waals surface area contributed by atoms with Gasteiger partial charge in [0, 0.05) is 12.2 Å². The topological polar surface area (TPSA) is 46.5 Å². The maximum absolute atomic E-state index is 10.6. The molecule has 0 aromatic heterocycles. The van der Waals surface area contributed by atoms with Gasteiger partial charge in [-0.1, -0.05) is 66.7 Å². The van der Waals surface area contributed by atoms with Gasteiger partial charge in [-0.3, -0.25) is 4.79 Å². The molecule has 27 heavy (non-hydrogen) atoms. The van der Waals surface area contributed by atoms with Crippen molar-refractivity contribution in [1.29, 1.82) is 0 Å². The Morgan fingerprint density at radius 1 is 0.852 bits per heavy atom. The number of carboxylic acids is 1. The van der Waals surface area contributed by atoms with Crippen LogP contribution in [0.4, 0.5) is 0 Å². The first-order valence-corrected chi connectivity index (χ1v) is 10.0. The minimum Gasteiger partial charge on any atom is -0.493 e. The first-order chi connectivity index (χ1) is 13.2. The fourth-order valence-electron chi connectivity index (χ4n) is 2.76. The standard InChI is InChI=1S/C23H22O3S/c24-23(25)17-27-16-19-5-4-8-22(15-19)26-14-13-18-9-11-21(12-10-18)20-6-2-1-3-7-20/h1-12,15H,13-14,16-17H2,(H,24,25). The molecule has 0 saturated heterocycles. The molecule has 3 aromatic carbocycles. The summed E-state index contributed by atoms with van der Waals surface area (Å²) < 4.78 is 5.87. The number of carboxylic acid groups (broad SMARTS) is 1. The summed E-state index contributed by atoms with van der Waals surface area (Å²) in [4.78, 5) is 10.6. The molecule has 0 bridgehead atoms. The quantitative estimate of drug-likeness (QED) is 0.549. The van der Waals surface area contributed by atoms with Crippen LogP contribution in [0, 0.1) is 0 Å². The van der Waals surface area contributed by atoms with Crippen LogP contribution in [0.3, 0.4) is 0 Å². The van der Waals surface area contributed by atoms with Gasteiger partial charge in [-0.05, 0) is 34.4 Å². The van der Waals surface area contributed by atoms with Crippen LogP contribution in [0.5, 0.6) is 5.75 Å². The summed E-state index contributed by atoms with van der Waals surface area (Å²) in [6, 6.07) is 26.8. The van der Waals surface area contributed by atoms with Gasteiger partial charge in [-0.25, -0.2) is 0 Å². The Labute approximate surface area is 164 Å². The lowest BCUT2D eigenvalue weighted by Gasteiger charge is -2.09. The van der Waals surface area contributed by atoms with Gasteiger partial charge in [0.1, 0.15) is 5.75 Å². The number of rotatable bonds is 9. The van der Waals surface area contributed by atoms with E-state index in [-0.39, 0.29) is 5.75 Å². The Hall–Kier alpha value is -2.72. The summed E-state index contributed by atoms with van der Waals surface area (Å²) in [5.41, 5.74) is 4.75. The zero-order valence-corrected chi connectivity index (χ0v) is 15.8. The van der Waals surface area contributed by atoms with Crippen molar-refractivity contribution in [2.75, 3.05) is 12.4 Å². The fourth-order valence-corrected chi connectivity index (χ4v) is 3.45. The number of aliphatic carboxylic acids is 1. The highest BCUT2D eigenvalue weighted by Gasteiger charge is 2.02. The van der Waals surface area contributed by atoms with Crippen LogP contribution in [0.15, 0.2) is 78.9 Å². The molecule has 4 heteroatoms. The van der Waals surface area contributed by atoms with Crippen LogP contribution in [-0.4, -0.2) is 23.4 Å². The van der Waals surface area contributed by atoms with Crippen LogP contribution in [0.25, 0.3) is 11.1 Å². The highest BCUT2D eigenvalue weighted by atomic mass is 32.2. The molecule has 0 unspecified atom stereocenters. The summed E-state index contributed by atoms with van der Waals surface area (Å²) in [5.74, 6) is 0.823. The molecule has 0 aliphatic rings. The molecule has 0 aliphatic heterocycles. The number of benzene rings is 3. The van der Waals surface area contributed by atoms with Gasteiger partial charge in [-0.2, -0.15) is 0 Å². The van der Waals surface area contributed by atoms with Gasteiger partial charge in [-0.15, -0.1) is 11.8 Å². The van der Waals surface area contributed by atoms with E-state index in [0.29, 0.717) is 12.4 Å². The van der Waals surface area contributed by atoms with E-state index in [4.69, 9.17) is 9.84 Å². The number of ether oxygens (including phenoxy) is 1. The highest BCUT2D eigenvalue weighted by Crippen LogP contribution is 2.20. The second-order valence-corrected chi connectivity index (χ2v) is 7.18. The fraction of sp³-hybridized carbons (Fsp3) is 0.174. The van der Waals surface area contributed by atoms with Crippen molar-refractivity contribution in [3.05, 3.63) is 90.0 Å². The van der Waals surface area contributed by atoms with Gasteiger partial charge in [0.25, 0.3) is 0 Å². The minimum atomic E-state index is -0.786. The molecular weight excluding hydrogens is 356 g/mol. The summed E-state index contributed by atoms with van der Waals surface area (Å²) >= 11 is 1.39. The van der Waals surface area contributed by atoms with Gasteiger partial charge < -0.3 is 9.84 Å². The maximum atomic E-state index is 10.6. The molecule has 0 radical (unpaired) electrons. The highest BCUT2D eigenvalue weighted by molar-refractivity contribution is 7.99. The zero-order chi connectivity index (χ0) is 18.9. The predicted molar refractivity (Wildman–Crippen MR) is 111 cm³/mol. The van der Waals surface area contributed by atoms with E-state index in [9.17, 15) is 4.79 Å². The zero-order valence-electron chi connectivity index (χ0n) is 15.0. The van der Waals surface area contributed by atoms with Crippen molar-refractivity contribution in [3.8, 4) is 16.9 Å². The Kier molecular flexibility index (Phi) is 6.94. The Bertz CT molecular complexity index is 860. The number of hydrogen-bond acceptors (Lipinski definition) is 3. The van der Waals surface area contributed by atoms with Gasteiger partial charge >= 0.3 is 5.97 Å². The van der Waals surface area contributed by atoms with E-state index < -0.39 is 5.97 Å². The van der Waals surface area contributed by atoms with Gasteiger partial charge in [0.2, 0.25) is 0 Å². The molecular formula is C23H22O3S. The third-order valence-corrected chi connectivity index (χ3v) is 5.10. The summed E-state index contributed by atoms with van der Waals surface area (Å²) in [5, 5.41) is 8.71. The molecule has 0 fully saturated rings. The van der Waals surface area contributed by atoms with E-state index in [0.717, 1.165) is 17.7 Å². The SMILES string of the molecule is O=C(O)CSCc1cccc(OCCc2ccc(-c3ccccc3)cc2)c1. The van der Waals surface area contributed by atoms with Crippen LogP contribution in [-0.2, 0) is 17.0 Å². The molecule has 3 rings (SSSR count). The Morgan fingerprint density at radius 2 is 1.59 bits per heavy atom. The smallest absolute Gasteiger partial charge is 0.313 e. The van der Waals surface area contributed by atoms with Crippen molar-refractivity contribution < 1.29 is 14.6 Å². The van der Waals surface area contributed by atoms with Crippen LogP contribution >= 0.6 is 11.8 Å². The molecule has 3 aromatic rings. The molecule has 3 nitrogen and oxygen atoms in total. The molecule has 138 valence electrons. The first-order valence-electron chi connectivity index (χ1n) is 8.86. The van der Waals surface area contributed by atoms with Crippen molar-refractivity contribution in [1.82, 2.24) is 0 Å². The van der Waals surface area contributed by atoms with E-state index in [2.05, 4.69) is 36.4 Å². The summed E-state index contributed by atoms with van der Waals surface area (Å²) in [6.45, 7) is 0.608. The molecule has 0 heterocycles. The molecule has 0 aliphatic carbocycles. The van der Waals surface area contributed by atoms with E-state index >= 15 is 0 Å².